The van der Waals surface area contributed by atoms with Gasteiger partial charge in [-0.15, -0.1) is 0 Å². The summed E-state index contributed by atoms with van der Waals surface area (Å²) in [4.78, 5) is 3.25. The highest BCUT2D eigenvalue weighted by molar-refractivity contribution is 4.77. The third-order valence-corrected chi connectivity index (χ3v) is 2.24. The van der Waals surface area contributed by atoms with E-state index in [9.17, 15) is 0 Å². The summed E-state index contributed by atoms with van der Waals surface area (Å²) in [5.41, 5.74) is 0. The quantitative estimate of drug-likeness (QED) is 0.523. The summed E-state index contributed by atoms with van der Waals surface area (Å²) >= 11 is 0. The number of aromatic amines is 1. The van der Waals surface area contributed by atoms with E-state index in [0.29, 0.717) is 0 Å². The lowest BCUT2D eigenvalue weighted by atomic mass is 10.3. The van der Waals surface area contributed by atoms with Crippen molar-refractivity contribution in [2.24, 2.45) is 0 Å². The van der Waals surface area contributed by atoms with E-state index in [-0.39, 0.29) is 0 Å². The number of nitrogens with zero attached hydrogens (tertiary/aromatic N) is 1. The van der Waals surface area contributed by atoms with Gasteiger partial charge in [-0.2, -0.15) is 0 Å². The molecule has 0 unspecified atom stereocenters. The number of nitrogens with one attached hydrogen (secondary N) is 1. The number of hydrogen-bond donors (Lipinski definition) is 1. The Kier molecular flexibility index (Phi) is 5.30. The van der Waals surface area contributed by atoms with Crippen molar-refractivity contribution in [3.63, 3.8) is 0 Å². The highest BCUT2D eigenvalue weighted by atomic mass is 16.5. The zero-order valence-corrected chi connectivity index (χ0v) is 9.25. The molecule has 80 valence electrons. The van der Waals surface area contributed by atoms with Crippen molar-refractivity contribution in [3.05, 3.63) is 18.2 Å². The van der Waals surface area contributed by atoms with Crippen LogP contribution < -0.4 is 4.57 Å². The maximum atomic E-state index is 5.43. The number of imidazole rings is 1. The minimum absolute atomic E-state index is 0.872. The lowest BCUT2D eigenvalue weighted by molar-refractivity contribution is -0.699. The van der Waals surface area contributed by atoms with Crippen LogP contribution in [0.5, 0.6) is 0 Å². The average Bonchev–Trinajstić information content (AvgIpc) is 2.65. The van der Waals surface area contributed by atoms with Crippen LogP contribution in [0.1, 0.15) is 32.5 Å². The van der Waals surface area contributed by atoms with Crippen molar-refractivity contribution in [2.45, 2.75) is 39.7 Å². The lowest BCUT2D eigenvalue weighted by Gasteiger charge is -2.00. The van der Waals surface area contributed by atoms with Gasteiger partial charge in [0.05, 0.1) is 13.0 Å². The molecule has 0 fully saturated rings. The summed E-state index contributed by atoms with van der Waals surface area (Å²) in [7, 11) is 0. The molecule has 3 nitrogen and oxygen atoms in total. The van der Waals surface area contributed by atoms with Crippen molar-refractivity contribution in [3.8, 4) is 0 Å². The Morgan fingerprint density at radius 2 is 2.21 bits per heavy atom. The number of hydrogen-bond acceptors (Lipinski definition) is 1. The Morgan fingerprint density at radius 1 is 1.36 bits per heavy atom. The minimum atomic E-state index is 0.872. The first-order chi connectivity index (χ1) is 6.88. The van der Waals surface area contributed by atoms with E-state index >= 15 is 0 Å². The van der Waals surface area contributed by atoms with Crippen LogP contribution in [0.2, 0.25) is 0 Å². The molecular weight excluding hydrogens is 176 g/mol. The molecule has 1 aromatic rings. The van der Waals surface area contributed by atoms with E-state index in [0.717, 1.165) is 39.0 Å². The van der Waals surface area contributed by atoms with Crippen molar-refractivity contribution in [2.75, 3.05) is 13.2 Å². The predicted molar refractivity (Wildman–Crippen MR) is 56.1 cm³/mol. The second kappa shape index (κ2) is 6.60. The monoisotopic (exact) mass is 197 g/mol. The molecule has 14 heavy (non-hydrogen) atoms. The van der Waals surface area contributed by atoms with Crippen LogP contribution >= 0.6 is 0 Å². The molecule has 0 aliphatic rings. The third kappa shape index (κ3) is 3.50. The summed E-state index contributed by atoms with van der Waals surface area (Å²) in [5.74, 6) is 1.30. The maximum absolute atomic E-state index is 5.43. The van der Waals surface area contributed by atoms with Gasteiger partial charge in [0.15, 0.2) is 0 Å². The average molecular weight is 197 g/mol. The van der Waals surface area contributed by atoms with Crippen LogP contribution in [0.3, 0.4) is 0 Å². The fourth-order valence-electron chi connectivity index (χ4n) is 1.50. The number of aromatic nitrogens is 2. The van der Waals surface area contributed by atoms with Crippen molar-refractivity contribution in [1.29, 1.82) is 0 Å². The van der Waals surface area contributed by atoms with Gasteiger partial charge < -0.3 is 4.74 Å². The van der Waals surface area contributed by atoms with Gasteiger partial charge in [-0.3, -0.25) is 0 Å². The van der Waals surface area contributed by atoms with Crippen LogP contribution in [0, 0.1) is 0 Å². The highest BCUT2D eigenvalue weighted by Crippen LogP contribution is 1.94. The van der Waals surface area contributed by atoms with Gasteiger partial charge in [-0.1, -0.05) is 6.92 Å². The van der Waals surface area contributed by atoms with Gasteiger partial charge in [0, 0.05) is 13.2 Å². The molecular formula is C11H21N2O+. The lowest BCUT2D eigenvalue weighted by Crippen LogP contribution is -2.34. The Bertz CT molecular complexity index is 245. The predicted octanol–water partition coefficient (Wildman–Crippen LogP) is 1.68. The van der Waals surface area contributed by atoms with Gasteiger partial charge in [0.25, 0.3) is 5.82 Å². The summed E-state index contributed by atoms with van der Waals surface area (Å²) in [6.45, 7) is 7.09. The Labute approximate surface area is 86.1 Å². The van der Waals surface area contributed by atoms with E-state index in [2.05, 4.69) is 29.6 Å². The summed E-state index contributed by atoms with van der Waals surface area (Å²) in [6, 6.07) is 0. The molecule has 1 aromatic heterocycles. The van der Waals surface area contributed by atoms with Gasteiger partial charge in [0.1, 0.15) is 12.4 Å². The van der Waals surface area contributed by atoms with Crippen LogP contribution in [0.25, 0.3) is 0 Å². The molecule has 0 spiro atoms. The fourth-order valence-corrected chi connectivity index (χ4v) is 1.50. The van der Waals surface area contributed by atoms with E-state index in [1.807, 2.05) is 6.20 Å². The van der Waals surface area contributed by atoms with Gasteiger partial charge in [-0.05, 0) is 19.8 Å². The van der Waals surface area contributed by atoms with Gasteiger partial charge in [-0.25, -0.2) is 9.55 Å². The first-order valence-corrected chi connectivity index (χ1v) is 5.52. The molecule has 0 bridgehead atoms. The van der Waals surface area contributed by atoms with Crippen LogP contribution in [0.4, 0.5) is 0 Å². The molecule has 0 saturated heterocycles. The molecule has 3 heteroatoms. The molecule has 1 heterocycles. The standard InChI is InChI=1S/C11H20N2O/c1-3-9-14-10-5-6-11-12-7-8-13(11)4-2/h7-8H,3-6,9-10H2,1-2H3/p+1. The molecule has 0 aliphatic heterocycles. The van der Waals surface area contributed by atoms with E-state index in [4.69, 9.17) is 4.74 Å². The minimum Gasteiger partial charge on any atom is -0.381 e. The molecule has 0 radical (unpaired) electrons. The molecule has 0 atom stereocenters. The summed E-state index contributed by atoms with van der Waals surface area (Å²) in [5, 5.41) is 0. The second-order valence-corrected chi connectivity index (χ2v) is 3.41. The largest absolute Gasteiger partial charge is 0.381 e. The second-order valence-electron chi connectivity index (χ2n) is 3.41. The normalized spacial score (nSPS) is 10.7. The molecule has 1 rings (SSSR count). The number of ether oxygens (including phenoxy) is 1. The van der Waals surface area contributed by atoms with Crippen LogP contribution in [-0.2, 0) is 17.7 Å². The smallest absolute Gasteiger partial charge is 0.254 e. The molecule has 0 aliphatic carbocycles. The topological polar surface area (TPSA) is 28.9 Å². The number of H-pyrrole nitrogens is 1. The zero-order valence-electron chi connectivity index (χ0n) is 9.25. The number of rotatable bonds is 7. The molecule has 0 amide bonds. The summed E-state index contributed by atoms with van der Waals surface area (Å²) < 4.78 is 7.67. The van der Waals surface area contributed by atoms with Crippen molar-refractivity contribution >= 4 is 0 Å². The van der Waals surface area contributed by atoms with Crippen LogP contribution in [-0.4, -0.2) is 18.2 Å². The Hall–Kier alpha value is -0.830. The Morgan fingerprint density at radius 3 is 2.93 bits per heavy atom. The van der Waals surface area contributed by atoms with Crippen LogP contribution in [0.15, 0.2) is 12.4 Å². The number of aryl methyl sites for hydroxylation is 2. The van der Waals surface area contributed by atoms with Crippen molar-refractivity contribution < 1.29 is 9.30 Å². The van der Waals surface area contributed by atoms with E-state index in [1.165, 1.54) is 5.82 Å². The van der Waals surface area contributed by atoms with Gasteiger partial charge >= 0.3 is 0 Å². The Balaban J connectivity index is 2.17. The maximum Gasteiger partial charge on any atom is 0.254 e. The fraction of sp³-hybridized carbons (Fsp3) is 0.727. The van der Waals surface area contributed by atoms with Crippen molar-refractivity contribution in [1.82, 2.24) is 4.98 Å². The molecule has 1 N–H and O–H groups in total. The third-order valence-electron chi connectivity index (χ3n) is 2.24. The van der Waals surface area contributed by atoms with E-state index < -0.39 is 0 Å². The van der Waals surface area contributed by atoms with E-state index in [1.54, 1.807) is 0 Å². The zero-order chi connectivity index (χ0) is 10.2. The summed E-state index contributed by atoms with van der Waals surface area (Å²) in [6.07, 6.45) is 7.36. The SMILES string of the molecule is CCCOCCCc1[nH]cc[n+]1CC. The molecule has 0 saturated carbocycles. The highest BCUT2D eigenvalue weighted by Gasteiger charge is 2.07. The molecule has 0 aromatic carbocycles. The first kappa shape index (κ1) is 11.2. The first-order valence-electron chi connectivity index (χ1n) is 5.52. The van der Waals surface area contributed by atoms with Gasteiger partial charge in [0.2, 0.25) is 0 Å².